The molecular weight excluding hydrogens is 599 g/mol. The maximum atomic E-state index is 8.59. The molecule has 48 heavy (non-hydrogen) atoms. The molecule has 1 aromatic heterocycles. The lowest BCUT2D eigenvalue weighted by Crippen LogP contribution is -2.74. The number of hydrogen-bond donors (Lipinski definition) is 0. The SMILES string of the molecule is [C-]#[N+]c1c(-c2cccc(-n3c4ccccc4c4ccccc43)c2)ccc([Si](c2ccccc2)(c2ccccc2)c2ccccc2)c1[N+]#[C-]. The highest BCUT2D eigenvalue weighted by molar-refractivity contribution is 7.20. The van der Waals surface area contributed by atoms with E-state index in [-0.39, 0.29) is 0 Å². The van der Waals surface area contributed by atoms with Crippen LogP contribution in [0.15, 0.2) is 176 Å². The van der Waals surface area contributed by atoms with Gasteiger partial charge in [0.05, 0.1) is 24.2 Å². The van der Waals surface area contributed by atoms with Gasteiger partial charge in [-0.3, -0.25) is 4.85 Å². The normalized spacial score (nSPS) is 11.3. The van der Waals surface area contributed by atoms with Crippen LogP contribution in [0, 0.1) is 13.1 Å². The highest BCUT2D eigenvalue weighted by atomic mass is 28.3. The van der Waals surface area contributed by atoms with Crippen molar-refractivity contribution in [2.75, 3.05) is 0 Å². The zero-order valence-corrected chi connectivity index (χ0v) is 27.1. The highest BCUT2D eigenvalue weighted by Crippen LogP contribution is 2.40. The molecule has 8 rings (SSSR count). The average molecular weight is 628 g/mol. The second kappa shape index (κ2) is 12.0. The Balaban J connectivity index is 1.39. The molecule has 8 aromatic rings. The Bertz CT molecular complexity index is 2370. The quantitative estimate of drug-likeness (QED) is 0.0993. The molecule has 0 saturated carbocycles. The number of hydrogen-bond acceptors (Lipinski definition) is 0. The van der Waals surface area contributed by atoms with E-state index in [0.29, 0.717) is 11.4 Å². The molecule has 7 aromatic carbocycles. The summed E-state index contributed by atoms with van der Waals surface area (Å²) in [6, 6.07) is 61.1. The van der Waals surface area contributed by atoms with Crippen LogP contribution in [0.25, 0.3) is 48.3 Å². The van der Waals surface area contributed by atoms with Crippen LogP contribution in [0.4, 0.5) is 11.4 Å². The molecule has 3 nitrogen and oxygen atoms in total. The van der Waals surface area contributed by atoms with E-state index in [2.05, 4.69) is 160 Å². The van der Waals surface area contributed by atoms with Gasteiger partial charge in [0, 0.05) is 16.5 Å². The minimum atomic E-state index is -3.01. The zero-order valence-electron chi connectivity index (χ0n) is 26.1. The summed E-state index contributed by atoms with van der Waals surface area (Å²) in [7, 11) is -3.01. The average Bonchev–Trinajstić information content (AvgIpc) is 3.50. The van der Waals surface area contributed by atoms with Crippen molar-refractivity contribution in [3.05, 3.63) is 199 Å². The van der Waals surface area contributed by atoms with Gasteiger partial charge < -0.3 is 4.57 Å². The Morgan fingerprint density at radius 2 is 0.917 bits per heavy atom. The lowest BCUT2D eigenvalue weighted by atomic mass is 10.0. The fraction of sp³-hybridized carbons (Fsp3) is 0. The Hall–Kier alpha value is -6.46. The van der Waals surface area contributed by atoms with Crippen molar-refractivity contribution < 1.29 is 0 Å². The van der Waals surface area contributed by atoms with Gasteiger partial charge in [0.2, 0.25) is 5.69 Å². The first kappa shape index (κ1) is 29.0. The predicted octanol–water partition coefficient (Wildman–Crippen LogP) is 8.93. The second-order valence-corrected chi connectivity index (χ2v) is 15.6. The Morgan fingerprint density at radius 3 is 1.42 bits per heavy atom. The van der Waals surface area contributed by atoms with Crippen LogP contribution in [0.2, 0.25) is 0 Å². The molecule has 0 atom stereocenters. The van der Waals surface area contributed by atoms with Crippen molar-refractivity contribution in [2.24, 2.45) is 0 Å². The molecule has 1 heterocycles. The molecule has 4 heteroatoms. The third-order valence-electron chi connectivity index (χ3n) is 9.39. The van der Waals surface area contributed by atoms with Gasteiger partial charge in [0.25, 0.3) is 0 Å². The molecule has 0 amide bonds. The van der Waals surface area contributed by atoms with Crippen molar-refractivity contribution in [3.8, 4) is 16.8 Å². The van der Waals surface area contributed by atoms with Crippen LogP contribution in [-0.2, 0) is 0 Å². The summed E-state index contributed by atoms with van der Waals surface area (Å²) in [6.07, 6.45) is 0. The van der Waals surface area contributed by atoms with Crippen molar-refractivity contribution in [1.29, 1.82) is 0 Å². The van der Waals surface area contributed by atoms with E-state index in [4.69, 9.17) is 13.1 Å². The maximum Gasteiger partial charge on any atom is 0.202 e. The molecule has 0 spiro atoms. The van der Waals surface area contributed by atoms with Crippen molar-refractivity contribution in [3.63, 3.8) is 0 Å². The third-order valence-corrected chi connectivity index (χ3v) is 14.2. The van der Waals surface area contributed by atoms with Crippen molar-refractivity contribution >= 4 is 62.0 Å². The van der Waals surface area contributed by atoms with E-state index in [0.717, 1.165) is 33.0 Å². The molecule has 0 aliphatic heterocycles. The summed E-state index contributed by atoms with van der Waals surface area (Å²) in [6.45, 7) is 17.1. The number of rotatable bonds is 6. The molecule has 0 aliphatic carbocycles. The molecular formula is C44H29N3Si. The molecule has 224 valence electrons. The summed E-state index contributed by atoms with van der Waals surface area (Å²) in [5.74, 6) is 0. The van der Waals surface area contributed by atoms with Crippen LogP contribution in [0.1, 0.15) is 0 Å². The lowest BCUT2D eigenvalue weighted by molar-refractivity contribution is 1.18. The first-order chi connectivity index (χ1) is 23.8. The van der Waals surface area contributed by atoms with Gasteiger partial charge in [-0.15, -0.1) is 0 Å². The number of para-hydroxylation sites is 2. The topological polar surface area (TPSA) is 13.6 Å². The predicted molar refractivity (Wildman–Crippen MR) is 202 cm³/mol. The number of benzene rings is 7. The molecule has 0 aliphatic rings. The van der Waals surface area contributed by atoms with Gasteiger partial charge in [0.15, 0.2) is 13.8 Å². The smallest absolute Gasteiger partial charge is 0.202 e. The number of fused-ring (bicyclic) bond motifs is 3. The largest absolute Gasteiger partial charge is 0.309 e. The Labute approximate surface area is 281 Å². The number of aromatic nitrogens is 1. The molecule has 0 unspecified atom stereocenters. The van der Waals surface area contributed by atoms with Crippen molar-refractivity contribution in [2.45, 2.75) is 0 Å². The monoisotopic (exact) mass is 627 g/mol. The Kier molecular flexibility index (Phi) is 7.27. The molecule has 0 saturated heterocycles. The van der Waals surface area contributed by atoms with Gasteiger partial charge in [0.1, 0.15) is 0 Å². The fourth-order valence-corrected chi connectivity index (χ4v) is 12.3. The summed E-state index contributed by atoms with van der Waals surface area (Å²) in [5, 5.41) is 6.83. The van der Waals surface area contributed by atoms with Crippen LogP contribution in [0.3, 0.4) is 0 Å². The maximum absolute atomic E-state index is 8.59. The van der Waals surface area contributed by atoms with E-state index < -0.39 is 8.07 Å². The molecule has 0 bridgehead atoms. The summed E-state index contributed by atoms with van der Waals surface area (Å²) >= 11 is 0. The van der Waals surface area contributed by atoms with E-state index >= 15 is 0 Å². The first-order valence-electron chi connectivity index (χ1n) is 15.9. The molecule has 0 radical (unpaired) electrons. The minimum Gasteiger partial charge on any atom is -0.309 e. The van der Waals surface area contributed by atoms with Gasteiger partial charge >= 0.3 is 0 Å². The third kappa shape index (κ3) is 4.48. The lowest BCUT2D eigenvalue weighted by Gasteiger charge is -2.36. The number of nitrogens with zero attached hydrogens (tertiary/aromatic N) is 3. The summed E-state index contributed by atoms with van der Waals surface area (Å²) < 4.78 is 2.29. The molecule has 0 N–H and O–H groups in total. The zero-order chi connectivity index (χ0) is 32.5. The minimum absolute atomic E-state index is 0.390. The van der Waals surface area contributed by atoms with Crippen LogP contribution in [0.5, 0.6) is 0 Å². The Morgan fingerprint density at radius 1 is 0.438 bits per heavy atom. The van der Waals surface area contributed by atoms with Crippen LogP contribution in [-0.4, -0.2) is 12.6 Å². The highest BCUT2D eigenvalue weighted by Gasteiger charge is 2.43. The van der Waals surface area contributed by atoms with Crippen LogP contribution >= 0.6 is 0 Å². The van der Waals surface area contributed by atoms with Gasteiger partial charge in [-0.2, -0.15) is 0 Å². The standard InChI is InChI=1S/C44H29N3Si/c1-45-43-37(32-17-16-18-33(31-32)47-40-27-14-12-25-38(40)39-26-13-15-28-41(39)47)29-30-42(44(43)46-2)48(34-19-6-3-7-20-34,35-21-8-4-9-22-35)36-23-10-5-11-24-36/h3-31H. The summed E-state index contributed by atoms with van der Waals surface area (Å²) in [4.78, 5) is 8.31. The molecule has 0 fully saturated rings. The van der Waals surface area contributed by atoms with Gasteiger partial charge in [-0.1, -0.05) is 157 Å². The van der Waals surface area contributed by atoms with E-state index in [9.17, 15) is 0 Å². The second-order valence-electron chi connectivity index (χ2n) is 11.8. The van der Waals surface area contributed by atoms with E-state index in [1.54, 1.807) is 0 Å². The van der Waals surface area contributed by atoms with Gasteiger partial charge in [-0.05, 0) is 51.0 Å². The summed E-state index contributed by atoms with van der Waals surface area (Å²) in [5.41, 5.74) is 5.75. The van der Waals surface area contributed by atoms with Gasteiger partial charge in [-0.25, -0.2) is 4.85 Å². The fourth-order valence-electron chi connectivity index (χ4n) is 7.39. The van der Waals surface area contributed by atoms with Crippen LogP contribution < -0.4 is 20.7 Å². The van der Waals surface area contributed by atoms with Crippen molar-refractivity contribution in [1.82, 2.24) is 4.57 Å². The van der Waals surface area contributed by atoms with E-state index in [1.165, 1.54) is 26.3 Å². The first-order valence-corrected chi connectivity index (χ1v) is 17.9. The van der Waals surface area contributed by atoms with E-state index in [1.807, 2.05) is 30.3 Å².